The molecule has 0 radical (unpaired) electrons. The minimum absolute atomic E-state index is 0.190. The molecule has 1 N–H and O–H groups in total. The van der Waals surface area contributed by atoms with Crippen LogP contribution in [0.1, 0.15) is 16.7 Å². The van der Waals surface area contributed by atoms with E-state index in [1.165, 1.54) is 0 Å². The van der Waals surface area contributed by atoms with Gasteiger partial charge in [0.2, 0.25) is 0 Å². The molecule has 0 spiro atoms. The lowest BCUT2D eigenvalue weighted by molar-refractivity contribution is -0.110. The quantitative estimate of drug-likeness (QED) is 0.844. The molecule has 0 bridgehead atoms. The smallest absolute Gasteiger partial charge is 0.275 e. The minimum atomic E-state index is -0.190. The third kappa shape index (κ3) is 2.10. The van der Waals surface area contributed by atoms with Gasteiger partial charge in [0.1, 0.15) is 5.71 Å². The number of carbonyl (C=O) groups is 1. The van der Waals surface area contributed by atoms with E-state index in [1.54, 1.807) is 18.2 Å². The van der Waals surface area contributed by atoms with Crippen LogP contribution in [0.25, 0.3) is 0 Å². The molecule has 2 aromatic carbocycles. The van der Waals surface area contributed by atoms with Crippen molar-refractivity contribution in [2.24, 2.45) is 4.99 Å². The van der Waals surface area contributed by atoms with Crippen molar-refractivity contribution >= 4 is 34.6 Å². The number of hydrogen-bond donors (Lipinski definition) is 1. The van der Waals surface area contributed by atoms with Crippen molar-refractivity contribution in [1.29, 1.82) is 0 Å². The molecule has 3 nitrogen and oxygen atoms in total. The number of amides is 1. The molecule has 100 valence electrons. The van der Waals surface area contributed by atoms with Gasteiger partial charge >= 0.3 is 0 Å². The fourth-order valence-corrected chi connectivity index (χ4v) is 2.50. The summed E-state index contributed by atoms with van der Waals surface area (Å²) < 4.78 is 0. The second kappa shape index (κ2) is 4.76. The van der Waals surface area contributed by atoms with Gasteiger partial charge in [-0.25, -0.2) is 4.99 Å². The molecule has 1 aliphatic heterocycles. The Bertz CT molecular complexity index is 730. The van der Waals surface area contributed by atoms with E-state index >= 15 is 0 Å². The molecule has 20 heavy (non-hydrogen) atoms. The number of rotatable bonds is 1. The summed E-state index contributed by atoms with van der Waals surface area (Å²) in [6.07, 6.45) is 0. The van der Waals surface area contributed by atoms with Crippen molar-refractivity contribution in [3.05, 3.63) is 58.1 Å². The van der Waals surface area contributed by atoms with Crippen LogP contribution in [0.2, 0.25) is 5.02 Å². The van der Waals surface area contributed by atoms with Crippen LogP contribution in [0.3, 0.4) is 0 Å². The topological polar surface area (TPSA) is 41.5 Å². The van der Waals surface area contributed by atoms with E-state index < -0.39 is 0 Å². The number of carbonyl (C=O) groups excluding carboxylic acids is 1. The van der Waals surface area contributed by atoms with E-state index in [-0.39, 0.29) is 5.91 Å². The maximum Gasteiger partial charge on any atom is 0.275 e. The molecular weight excluding hydrogens is 272 g/mol. The maximum absolute atomic E-state index is 12.1. The molecule has 4 heteroatoms. The Morgan fingerprint density at radius 1 is 1.10 bits per heavy atom. The molecule has 0 aromatic heterocycles. The highest BCUT2D eigenvalue weighted by atomic mass is 35.5. The molecule has 0 saturated carbocycles. The number of hydrogen-bond acceptors (Lipinski definition) is 2. The fourth-order valence-electron chi connectivity index (χ4n) is 2.33. The number of nitrogens with one attached hydrogen (secondary N) is 1. The molecular formula is C16H13ClN2O. The van der Waals surface area contributed by atoms with Crippen LogP contribution in [0.4, 0.5) is 11.4 Å². The SMILES string of the molecule is Cc1cccc(C)c1N=C1C(=O)Nc2ccc(Cl)cc21. The highest BCUT2D eigenvalue weighted by molar-refractivity contribution is 6.54. The van der Waals surface area contributed by atoms with Crippen LogP contribution >= 0.6 is 11.6 Å². The molecule has 0 saturated heterocycles. The number of nitrogens with zero attached hydrogens (tertiary/aromatic N) is 1. The van der Waals surface area contributed by atoms with Crippen LogP contribution < -0.4 is 5.32 Å². The van der Waals surface area contributed by atoms with Gasteiger partial charge in [0.15, 0.2) is 0 Å². The molecule has 0 atom stereocenters. The first-order chi connectivity index (χ1) is 9.56. The number of fused-ring (bicyclic) bond motifs is 1. The van der Waals surface area contributed by atoms with Crippen molar-refractivity contribution in [2.45, 2.75) is 13.8 Å². The third-order valence-electron chi connectivity index (χ3n) is 3.36. The molecule has 0 unspecified atom stereocenters. The van der Waals surface area contributed by atoms with Crippen LogP contribution in [-0.2, 0) is 4.79 Å². The van der Waals surface area contributed by atoms with E-state index in [0.29, 0.717) is 10.7 Å². The Hall–Kier alpha value is -2.13. The molecule has 1 amide bonds. The predicted octanol–water partition coefficient (Wildman–Crippen LogP) is 4.03. The zero-order valence-corrected chi connectivity index (χ0v) is 12.0. The van der Waals surface area contributed by atoms with Gasteiger partial charge in [-0.1, -0.05) is 29.8 Å². The lowest BCUT2D eigenvalue weighted by Crippen LogP contribution is -2.14. The van der Waals surface area contributed by atoms with Gasteiger partial charge in [-0.3, -0.25) is 4.79 Å². The van der Waals surface area contributed by atoms with E-state index in [1.807, 2.05) is 32.0 Å². The Morgan fingerprint density at radius 2 is 1.80 bits per heavy atom. The third-order valence-corrected chi connectivity index (χ3v) is 3.60. The van der Waals surface area contributed by atoms with E-state index in [0.717, 1.165) is 28.1 Å². The summed E-state index contributed by atoms with van der Waals surface area (Å²) in [6.45, 7) is 3.97. The Balaban J connectivity index is 2.18. The number of aryl methyl sites for hydroxylation is 2. The van der Waals surface area contributed by atoms with Crippen molar-refractivity contribution in [3.63, 3.8) is 0 Å². The summed E-state index contributed by atoms with van der Waals surface area (Å²) in [4.78, 5) is 16.7. The van der Waals surface area contributed by atoms with Gasteiger partial charge in [0.05, 0.1) is 11.4 Å². The van der Waals surface area contributed by atoms with Gasteiger partial charge < -0.3 is 5.32 Å². The van der Waals surface area contributed by atoms with Crippen LogP contribution in [0.5, 0.6) is 0 Å². The zero-order chi connectivity index (χ0) is 14.3. The van der Waals surface area contributed by atoms with Gasteiger partial charge in [-0.15, -0.1) is 0 Å². The van der Waals surface area contributed by atoms with Crippen molar-refractivity contribution in [1.82, 2.24) is 0 Å². The van der Waals surface area contributed by atoms with Crippen LogP contribution in [-0.4, -0.2) is 11.6 Å². The summed E-state index contributed by atoms with van der Waals surface area (Å²) in [5.74, 6) is -0.190. The lowest BCUT2D eigenvalue weighted by Gasteiger charge is -2.05. The number of anilines is 1. The van der Waals surface area contributed by atoms with Crippen molar-refractivity contribution in [2.75, 3.05) is 5.32 Å². The summed E-state index contributed by atoms with van der Waals surface area (Å²) in [6, 6.07) is 11.3. The lowest BCUT2D eigenvalue weighted by atomic mass is 10.1. The number of aliphatic imine (C=N–C) groups is 1. The summed E-state index contributed by atoms with van der Waals surface area (Å²) in [5, 5.41) is 3.40. The molecule has 0 aliphatic carbocycles. The molecule has 1 aliphatic rings. The predicted molar refractivity (Wildman–Crippen MR) is 82.2 cm³/mol. The standard InChI is InChI=1S/C16H13ClN2O/c1-9-4-3-5-10(2)14(9)19-15-12-8-11(17)6-7-13(12)18-16(15)20/h3-8H,1-2H3,(H,18,19,20). The van der Waals surface area contributed by atoms with Gasteiger partial charge in [0, 0.05) is 10.6 Å². The molecule has 3 rings (SSSR count). The maximum atomic E-state index is 12.1. The first kappa shape index (κ1) is 12.9. The molecule has 0 fully saturated rings. The van der Waals surface area contributed by atoms with Gasteiger partial charge in [-0.2, -0.15) is 0 Å². The first-order valence-corrected chi connectivity index (χ1v) is 6.70. The number of benzene rings is 2. The highest BCUT2D eigenvalue weighted by Gasteiger charge is 2.26. The normalized spacial score (nSPS) is 15.3. The Morgan fingerprint density at radius 3 is 2.50 bits per heavy atom. The van der Waals surface area contributed by atoms with E-state index in [9.17, 15) is 4.79 Å². The highest BCUT2D eigenvalue weighted by Crippen LogP contribution is 2.30. The largest absolute Gasteiger partial charge is 0.320 e. The minimum Gasteiger partial charge on any atom is -0.320 e. The second-order valence-corrected chi connectivity index (χ2v) is 5.28. The average molecular weight is 285 g/mol. The van der Waals surface area contributed by atoms with Crippen molar-refractivity contribution < 1.29 is 4.79 Å². The van der Waals surface area contributed by atoms with Crippen molar-refractivity contribution in [3.8, 4) is 0 Å². The van der Waals surface area contributed by atoms with Gasteiger partial charge in [0.25, 0.3) is 5.91 Å². The Labute approximate surface area is 122 Å². The number of halogens is 1. The molecule has 2 aromatic rings. The summed E-state index contributed by atoms with van der Waals surface area (Å²) in [5.41, 5.74) is 4.85. The Kier molecular flexibility index (Phi) is 3.07. The van der Waals surface area contributed by atoms with Crippen LogP contribution in [0, 0.1) is 13.8 Å². The fraction of sp³-hybridized carbons (Fsp3) is 0.125. The van der Waals surface area contributed by atoms with E-state index in [4.69, 9.17) is 11.6 Å². The summed E-state index contributed by atoms with van der Waals surface area (Å²) >= 11 is 6.01. The van der Waals surface area contributed by atoms with Gasteiger partial charge in [-0.05, 0) is 43.2 Å². The first-order valence-electron chi connectivity index (χ1n) is 6.32. The molecule has 1 heterocycles. The summed E-state index contributed by atoms with van der Waals surface area (Å²) in [7, 11) is 0. The van der Waals surface area contributed by atoms with E-state index in [2.05, 4.69) is 10.3 Å². The second-order valence-electron chi connectivity index (χ2n) is 4.84. The average Bonchev–Trinajstić information content (AvgIpc) is 2.70. The number of para-hydroxylation sites is 1. The van der Waals surface area contributed by atoms with Crippen LogP contribution in [0.15, 0.2) is 41.4 Å². The monoisotopic (exact) mass is 284 g/mol. The zero-order valence-electron chi connectivity index (χ0n) is 11.2.